The second-order valence-electron chi connectivity index (χ2n) is 9.25. The molecule has 188 valence electrons. The van der Waals surface area contributed by atoms with Gasteiger partial charge in [-0.25, -0.2) is 0 Å². The number of nitrogens with one attached hydrogen (secondary N) is 3. The van der Waals surface area contributed by atoms with Crippen molar-refractivity contribution in [1.29, 1.82) is 0 Å². The molecule has 1 saturated carbocycles. The SMILES string of the molecule is C[C@@H]1CNC(C2CC2)C(=O)N(C)CC(=O)NCC(=O)NCC(O)CC2=C(/C=C\CC/C(O)=C\2)O1. The lowest BCUT2D eigenvalue weighted by molar-refractivity contribution is -0.137. The van der Waals surface area contributed by atoms with Crippen LogP contribution < -0.4 is 16.0 Å². The number of nitrogens with zero attached hydrogens (tertiary/aromatic N) is 1. The largest absolute Gasteiger partial charge is 0.512 e. The highest BCUT2D eigenvalue weighted by Crippen LogP contribution is 2.33. The Morgan fingerprint density at radius 2 is 1.88 bits per heavy atom. The van der Waals surface area contributed by atoms with Crippen molar-refractivity contribution in [3.05, 3.63) is 35.3 Å². The van der Waals surface area contributed by atoms with Crippen LogP contribution in [-0.4, -0.2) is 84.3 Å². The van der Waals surface area contributed by atoms with E-state index < -0.39 is 24.0 Å². The van der Waals surface area contributed by atoms with Gasteiger partial charge >= 0.3 is 0 Å². The molecule has 34 heavy (non-hydrogen) atoms. The van der Waals surface area contributed by atoms with Gasteiger partial charge in [-0.2, -0.15) is 0 Å². The van der Waals surface area contributed by atoms with Crippen molar-refractivity contribution < 1.29 is 29.3 Å². The van der Waals surface area contributed by atoms with Crippen molar-refractivity contribution in [3.8, 4) is 0 Å². The van der Waals surface area contributed by atoms with Crippen LogP contribution in [0.1, 0.15) is 39.0 Å². The van der Waals surface area contributed by atoms with Crippen molar-refractivity contribution in [2.75, 3.05) is 33.2 Å². The highest BCUT2D eigenvalue weighted by Gasteiger charge is 2.38. The number of allylic oxidation sites excluding steroid dienone is 4. The highest BCUT2D eigenvalue weighted by atomic mass is 16.5. The van der Waals surface area contributed by atoms with Gasteiger partial charge in [0.15, 0.2) is 0 Å². The Morgan fingerprint density at radius 3 is 2.62 bits per heavy atom. The second kappa shape index (κ2) is 12.0. The molecule has 10 heteroatoms. The van der Waals surface area contributed by atoms with Crippen molar-refractivity contribution in [2.45, 2.75) is 57.3 Å². The van der Waals surface area contributed by atoms with Gasteiger partial charge in [0.1, 0.15) is 11.9 Å². The molecular formula is C24H36N4O6. The second-order valence-corrected chi connectivity index (χ2v) is 9.25. The molecule has 2 unspecified atom stereocenters. The lowest BCUT2D eigenvalue weighted by atomic mass is 10.0. The maximum atomic E-state index is 13.0. The monoisotopic (exact) mass is 476 g/mol. The molecule has 10 nitrogen and oxygen atoms in total. The number of ether oxygens (including phenoxy) is 1. The summed E-state index contributed by atoms with van der Waals surface area (Å²) in [6.45, 7) is 1.86. The van der Waals surface area contributed by atoms with Gasteiger partial charge in [-0.3, -0.25) is 14.4 Å². The smallest absolute Gasteiger partial charge is 0.240 e. The van der Waals surface area contributed by atoms with E-state index in [2.05, 4.69) is 16.0 Å². The highest BCUT2D eigenvalue weighted by molar-refractivity contribution is 5.89. The normalized spacial score (nSPS) is 33.5. The van der Waals surface area contributed by atoms with Crippen LogP contribution in [0.4, 0.5) is 0 Å². The van der Waals surface area contributed by atoms with E-state index in [9.17, 15) is 24.6 Å². The molecule has 1 fully saturated rings. The van der Waals surface area contributed by atoms with E-state index in [-0.39, 0.29) is 49.7 Å². The molecule has 0 aromatic rings. The van der Waals surface area contributed by atoms with Crippen LogP contribution in [0.2, 0.25) is 0 Å². The maximum absolute atomic E-state index is 13.0. The van der Waals surface area contributed by atoms with Gasteiger partial charge in [-0.05, 0) is 44.3 Å². The first kappa shape index (κ1) is 25.8. The number of aliphatic hydroxyl groups excluding tert-OH is 2. The molecule has 0 spiro atoms. The quantitative estimate of drug-likeness (QED) is 0.366. The Balaban J connectivity index is 1.82. The first-order valence-corrected chi connectivity index (χ1v) is 11.9. The first-order valence-electron chi connectivity index (χ1n) is 11.9. The van der Waals surface area contributed by atoms with Gasteiger partial charge in [0, 0.05) is 38.6 Å². The molecule has 3 aliphatic rings. The standard InChI is InChI=1S/C24H36N4O6/c1-15-11-27-23(16-7-8-16)24(33)28(2)14-22(32)26-13-21(31)25-12-19(30)10-17-9-18(29)5-3-4-6-20(17)34-15/h4,6,9,15-16,19,23,27,29-30H,3,5,7-8,10-14H2,1-2H3,(H,25,31)(H,26,32)/b6-4-,18-9+,20-17-/t15-,19?,23?/m1/s1. The van der Waals surface area contributed by atoms with Crippen molar-refractivity contribution in [1.82, 2.24) is 20.9 Å². The summed E-state index contributed by atoms with van der Waals surface area (Å²) in [6, 6.07) is -0.418. The number of β-amino-alcohol motifs (C(OH)–C–C–N with tert-alkyl or cyclic N) is 1. The van der Waals surface area contributed by atoms with Gasteiger partial charge in [-0.1, -0.05) is 6.08 Å². The lowest BCUT2D eigenvalue weighted by Crippen LogP contribution is -2.51. The molecule has 0 radical (unpaired) electrons. The molecule has 3 atom stereocenters. The summed E-state index contributed by atoms with van der Waals surface area (Å²) >= 11 is 0. The minimum absolute atomic E-state index is 0.0254. The molecule has 3 rings (SSSR count). The molecule has 2 aliphatic carbocycles. The number of amides is 3. The molecule has 0 aromatic heterocycles. The van der Waals surface area contributed by atoms with Crippen LogP contribution in [-0.2, 0) is 19.1 Å². The summed E-state index contributed by atoms with van der Waals surface area (Å²) in [5.41, 5.74) is 0.617. The third-order valence-electron chi connectivity index (χ3n) is 6.00. The van der Waals surface area contributed by atoms with E-state index in [4.69, 9.17) is 4.74 Å². The summed E-state index contributed by atoms with van der Waals surface area (Å²) < 4.78 is 6.17. The summed E-state index contributed by atoms with van der Waals surface area (Å²) in [5.74, 6) is -0.115. The Labute approximate surface area is 200 Å². The van der Waals surface area contributed by atoms with E-state index in [0.717, 1.165) is 12.8 Å². The van der Waals surface area contributed by atoms with E-state index in [1.165, 1.54) is 4.90 Å². The van der Waals surface area contributed by atoms with Gasteiger partial charge < -0.3 is 35.8 Å². The lowest BCUT2D eigenvalue weighted by Gasteiger charge is -2.26. The van der Waals surface area contributed by atoms with E-state index in [0.29, 0.717) is 30.7 Å². The van der Waals surface area contributed by atoms with Crippen LogP contribution in [0, 0.1) is 5.92 Å². The molecule has 0 bridgehead atoms. The molecule has 5 N–H and O–H groups in total. The Hall–Kier alpha value is -2.85. The predicted molar refractivity (Wildman–Crippen MR) is 125 cm³/mol. The van der Waals surface area contributed by atoms with Gasteiger partial charge in [0.05, 0.1) is 31.0 Å². The zero-order chi connectivity index (χ0) is 24.7. The summed E-state index contributed by atoms with van der Waals surface area (Å²) in [7, 11) is 1.57. The number of aliphatic hydroxyl groups is 2. The van der Waals surface area contributed by atoms with Crippen LogP contribution in [0.25, 0.3) is 0 Å². The summed E-state index contributed by atoms with van der Waals surface area (Å²) in [6.07, 6.45) is 7.32. The fourth-order valence-corrected chi connectivity index (χ4v) is 3.97. The van der Waals surface area contributed by atoms with Crippen molar-refractivity contribution in [2.24, 2.45) is 5.92 Å². The number of hydrogen-bond donors (Lipinski definition) is 5. The zero-order valence-electron chi connectivity index (χ0n) is 19.9. The Morgan fingerprint density at radius 1 is 1.12 bits per heavy atom. The Kier molecular flexibility index (Phi) is 9.12. The minimum Gasteiger partial charge on any atom is -0.512 e. The molecule has 0 saturated heterocycles. The van der Waals surface area contributed by atoms with E-state index in [1.54, 1.807) is 13.1 Å². The number of likely N-dealkylation sites (N-methyl/N-ethyl adjacent to an activating group) is 1. The van der Waals surface area contributed by atoms with Crippen LogP contribution in [0.5, 0.6) is 0 Å². The van der Waals surface area contributed by atoms with Gasteiger partial charge in [0.25, 0.3) is 0 Å². The maximum Gasteiger partial charge on any atom is 0.240 e. The fourth-order valence-electron chi connectivity index (χ4n) is 3.97. The number of carbonyl (C=O) groups is 3. The Bertz CT molecular complexity index is 864. The molecule has 0 aromatic carbocycles. The van der Waals surface area contributed by atoms with E-state index in [1.807, 2.05) is 19.1 Å². The van der Waals surface area contributed by atoms with Gasteiger partial charge in [0.2, 0.25) is 17.7 Å². The molecule has 3 amide bonds. The van der Waals surface area contributed by atoms with Gasteiger partial charge in [-0.15, -0.1) is 0 Å². The van der Waals surface area contributed by atoms with Crippen LogP contribution in [0.3, 0.4) is 0 Å². The molecular weight excluding hydrogens is 440 g/mol. The van der Waals surface area contributed by atoms with Crippen LogP contribution >= 0.6 is 0 Å². The summed E-state index contributed by atoms with van der Waals surface area (Å²) in [4.78, 5) is 38.7. The average molecular weight is 477 g/mol. The van der Waals surface area contributed by atoms with Crippen molar-refractivity contribution >= 4 is 17.7 Å². The van der Waals surface area contributed by atoms with Crippen molar-refractivity contribution in [3.63, 3.8) is 0 Å². The first-order chi connectivity index (χ1) is 16.2. The topological polar surface area (TPSA) is 140 Å². The third kappa shape index (κ3) is 7.88. The number of rotatable bonds is 1. The molecule has 1 heterocycles. The van der Waals surface area contributed by atoms with Crippen LogP contribution in [0.15, 0.2) is 35.3 Å². The minimum atomic E-state index is -0.916. The predicted octanol–water partition coefficient (Wildman–Crippen LogP) is 0.261. The number of hydrogen-bond acceptors (Lipinski definition) is 7. The average Bonchev–Trinajstić information content (AvgIpc) is 3.61. The fraction of sp³-hybridized carbons (Fsp3) is 0.625. The summed E-state index contributed by atoms with van der Waals surface area (Å²) in [5, 5.41) is 29.1. The molecule has 1 aliphatic heterocycles. The third-order valence-corrected chi connectivity index (χ3v) is 6.00. The van der Waals surface area contributed by atoms with E-state index >= 15 is 0 Å². The number of carbonyl (C=O) groups excluding carboxylic acids is 3. The zero-order valence-corrected chi connectivity index (χ0v) is 19.9.